The fraction of sp³-hybridized carbons (Fsp3) is 0.400. The highest BCUT2D eigenvalue weighted by Crippen LogP contribution is 2.26. The van der Waals surface area contributed by atoms with Gasteiger partial charge in [-0.1, -0.05) is 19.1 Å². The number of nitrogens with zero attached hydrogens (tertiary/aromatic N) is 1. The van der Waals surface area contributed by atoms with Crippen LogP contribution in [0.1, 0.15) is 26.2 Å². The van der Waals surface area contributed by atoms with Gasteiger partial charge in [-0.2, -0.15) is 0 Å². The van der Waals surface area contributed by atoms with Crippen molar-refractivity contribution >= 4 is 36.4 Å². The SMILES string of the molecule is CC(CC(=O)Nc1cccc(Oc2ccccn2)c1)C1CCNCC1.Cl.Cl. The van der Waals surface area contributed by atoms with E-state index in [4.69, 9.17) is 4.74 Å². The molecule has 1 fully saturated rings. The maximum Gasteiger partial charge on any atom is 0.224 e. The molecule has 1 aromatic heterocycles. The number of aromatic nitrogens is 1. The zero-order chi connectivity index (χ0) is 17.5. The summed E-state index contributed by atoms with van der Waals surface area (Å²) in [5, 5.41) is 6.35. The van der Waals surface area contributed by atoms with Crippen molar-refractivity contribution in [1.82, 2.24) is 10.3 Å². The lowest BCUT2D eigenvalue weighted by atomic mass is 9.84. The van der Waals surface area contributed by atoms with E-state index in [1.807, 2.05) is 36.4 Å². The maximum absolute atomic E-state index is 12.4. The summed E-state index contributed by atoms with van der Waals surface area (Å²) >= 11 is 0. The quantitative estimate of drug-likeness (QED) is 0.723. The van der Waals surface area contributed by atoms with E-state index in [1.54, 1.807) is 12.3 Å². The summed E-state index contributed by atoms with van der Waals surface area (Å²) < 4.78 is 5.71. The number of ether oxygens (including phenoxy) is 1. The van der Waals surface area contributed by atoms with E-state index < -0.39 is 0 Å². The molecular weight excluding hydrogens is 385 g/mol. The number of amides is 1. The molecule has 2 heterocycles. The first kappa shape index (κ1) is 23.2. The van der Waals surface area contributed by atoms with Gasteiger partial charge in [-0.3, -0.25) is 4.79 Å². The van der Waals surface area contributed by atoms with Gasteiger partial charge in [-0.15, -0.1) is 24.8 Å². The first-order valence-corrected chi connectivity index (χ1v) is 8.90. The Kier molecular flexibility index (Phi) is 10.1. The Bertz CT molecular complexity index is 695. The monoisotopic (exact) mass is 411 g/mol. The third kappa shape index (κ3) is 7.37. The fourth-order valence-corrected chi connectivity index (χ4v) is 3.25. The number of anilines is 1. The van der Waals surface area contributed by atoms with E-state index >= 15 is 0 Å². The smallest absolute Gasteiger partial charge is 0.224 e. The van der Waals surface area contributed by atoms with Crippen molar-refractivity contribution in [3.63, 3.8) is 0 Å². The molecule has 2 aromatic rings. The molecule has 7 heteroatoms. The van der Waals surface area contributed by atoms with Crippen molar-refractivity contribution < 1.29 is 9.53 Å². The molecule has 1 aliphatic rings. The van der Waals surface area contributed by atoms with Crippen LogP contribution in [-0.2, 0) is 4.79 Å². The number of rotatable bonds is 6. The molecule has 0 spiro atoms. The second kappa shape index (κ2) is 11.8. The van der Waals surface area contributed by atoms with Gasteiger partial charge >= 0.3 is 0 Å². The number of benzene rings is 1. The Balaban J connectivity index is 0.00000182. The van der Waals surface area contributed by atoms with Gasteiger partial charge in [0.05, 0.1) is 0 Å². The van der Waals surface area contributed by atoms with Crippen LogP contribution in [0.5, 0.6) is 11.6 Å². The number of halogens is 2. The van der Waals surface area contributed by atoms with Crippen molar-refractivity contribution in [2.75, 3.05) is 18.4 Å². The van der Waals surface area contributed by atoms with Crippen molar-refractivity contribution in [1.29, 1.82) is 0 Å². The van der Waals surface area contributed by atoms with Gasteiger partial charge in [0.1, 0.15) is 5.75 Å². The molecule has 1 amide bonds. The number of pyridine rings is 1. The molecule has 1 aliphatic heterocycles. The van der Waals surface area contributed by atoms with Crippen LogP contribution in [0.15, 0.2) is 48.7 Å². The zero-order valence-electron chi connectivity index (χ0n) is 15.4. The molecule has 1 atom stereocenters. The zero-order valence-corrected chi connectivity index (χ0v) is 17.0. The van der Waals surface area contributed by atoms with Crippen molar-refractivity contribution in [2.24, 2.45) is 11.8 Å². The minimum Gasteiger partial charge on any atom is -0.439 e. The van der Waals surface area contributed by atoms with E-state index in [9.17, 15) is 4.79 Å². The largest absolute Gasteiger partial charge is 0.439 e. The van der Waals surface area contributed by atoms with Gasteiger partial charge in [0, 0.05) is 30.4 Å². The first-order chi connectivity index (χ1) is 12.2. The second-order valence-corrected chi connectivity index (χ2v) is 6.61. The number of carbonyl (C=O) groups excluding carboxylic acids is 1. The minimum atomic E-state index is 0. The van der Waals surface area contributed by atoms with Gasteiger partial charge in [-0.05, 0) is 56.0 Å². The van der Waals surface area contributed by atoms with Crippen molar-refractivity contribution in [3.05, 3.63) is 48.7 Å². The fourth-order valence-electron chi connectivity index (χ4n) is 3.25. The van der Waals surface area contributed by atoms with E-state index in [2.05, 4.69) is 22.5 Å². The highest BCUT2D eigenvalue weighted by molar-refractivity contribution is 5.91. The van der Waals surface area contributed by atoms with Crippen LogP contribution in [-0.4, -0.2) is 24.0 Å². The molecule has 148 valence electrons. The lowest BCUT2D eigenvalue weighted by Crippen LogP contribution is -2.32. The van der Waals surface area contributed by atoms with E-state index in [0.717, 1.165) is 31.6 Å². The number of nitrogens with one attached hydrogen (secondary N) is 2. The Morgan fingerprint density at radius 2 is 2.00 bits per heavy atom. The van der Waals surface area contributed by atoms with E-state index in [1.165, 1.54) is 0 Å². The number of hydrogen-bond donors (Lipinski definition) is 2. The van der Waals surface area contributed by atoms with Crippen LogP contribution in [0, 0.1) is 11.8 Å². The van der Waals surface area contributed by atoms with Crippen molar-refractivity contribution in [3.8, 4) is 11.6 Å². The van der Waals surface area contributed by atoms with Gasteiger partial charge in [0.15, 0.2) is 0 Å². The molecule has 0 aliphatic carbocycles. The Hall–Kier alpha value is -1.82. The maximum atomic E-state index is 12.4. The number of carbonyl (C=O) groups is 1. The molecule has 0 radical (unpaired) electrons. The minimum absolute atomic E-state index is 0. The van der Waals surface area contributed by atoms with Gasteiger partial charge in [0.2, 0.25) is 11.8 Å². The van der Waals surface area contributed by atoms with E-state index in [-0.39, 0.29) is 30.7 Å². The topological polar surface area (TPSA) is 63.2 Å². The molecule has 1 saturated heterocycles. The first-order valence-electron chi connectivity index (χ1n) is 8.90. The predicted octanol–water partition coefficient (Wildman–Crippen LogP) is 4.68. The molecule has 5 nitrogen and oxygen atoms in total. The molecule has 27 heavy (non-hydrogen) atoms. The third-order valence-electron chi connectivity index (χ3n) is 4.67. The average molecular weight is 412 g/mol. The van der Waals surface area contributed by atoms with Crippen LogP contribution in [0.4, 0.5) is 5.69 Å². The van der Waals surface area contributed by atoms with Crippen LogP contribution >= 0.6 is 24.8 Å². The predicted molar refractivity (Wildman–Crippen MR) is 113 cm³/mol. The highest BCUT2D eigenvalue weighted by atomic mass is 35.5. The molecule has 0 bridgehead atoms. The summed E-state index contributed by atoms with van der Waals surface area (Å²) in [5.74, 6) is 2.27. The summed E-state index contributed by atoms with van der Waals surface area (Å²) in [7, 11) is 0. The Morgan fingerprint density at radius 1 is 1.22 bits per heavy atom. The summed E-state index contributed by atoms with van der Waals surface area (Å²) in [6.45, 7) is 4.29. The number of hydrogen-bond acceptors (Lipinski definition) is 4. The van der Waals surface area contributed by atoms with Gasteiger partial charge in [-0.25, -0.2) is 4.98 Å². The average Bonchev–Trinajstić information content (AvgIpc) is 2.63. The van der Waals surface area contributed by atoms with Crippen LogP contribution in [0.2, 0.25) is 0 Å². The third-order valence-corrected chi connectivity index (χ3v) is 4.67. The Labute approximate surface area is 173 Å². The van der Waals surface area contributed by atoms with Crippen molar-refractivity contribution in [2.45, 2.75) is 26.2 Å². The normalized spacial score (nSPS) is 15.0. The Morgan fingerprint density at radius 3 is 2.70 bits per heavy atom. The summed E-state index contributed by atoms with van der Waals surface area (Å²) in [4.78, 5) is 16.5. The number of piperidine rings is 1. The summed E-state index contributed by atoms with van der Waals surface area (Å²) in [5.41, 5.74) is 0.746. The van der Waals surface area contributed by atoms with Crippen LogP contribution < -0.4 is 15.4 Å². The molecule has 0 saturated carbocycles. The molecule has 2 N–H and O–H groups in total. The van der Waals surface area contributed by atoms with Crippen LogP contribution in [0.25, 0.3) is 0 Å². The summed E-state index contributed by atoms with van der Waals surface area (Å²) in [6, 6.07) is 12.9. The molecule has 3 rings (SSSR count). The lowest BCUT2D eigenvalue weighted by molar-refractivity contribution is -0.117. The summed E-state index contributed by atoms with van der Waals surface area (Å²) in [6.07, 6.45) is 4.54. The van der Waals surface area contributed by atoms with E-state index in [0.29, 0.717) is 29.9 Å². The second-order valence-electron chi connectivity index (χ2n) is 6.61. The lowest BCUT2D eigenvalue weighted by Gasteiger charge is -2.27. The van der Waals surface area contributed by atoms with Crippen LogP contribution in [0.3, 0.4) is 0 Å². The molecule has 1 aromatic carbocycles. The highest BCUT2D eigenvalue weighted by Gasteiger charge is 2.22. The standard InChI is InChI=1S/C20H25N3O2.2ClH/c1-15(16-8-11-21-12-9-16)13-19(24)23-17-5-4-6-18(14-17)25-20-7-2-3-10-22-20;;/h2-7,10,14-16,21H,8-9,11-13H2,1H3,(H,23,24);2*1H. The van der Waals surface area contributed by atoms with Gasteiger partial charge in [0.25, 0.3) is 0 Å². The molecule has 1 unspecified atom stereocenters. The van der Waals surface area contributed by atoms with Gasteiger partial charge < -0.3 is 15.4 Å². The molecular formula is C20H27Cl2N3O2.